The summed E-state index contributed by atoms with van der Waals surface area (Å²) in [7, 11) is 2.10. The second-order valence-electron chi connectivity index (χ2n) is 15.8. The zero-order valence-corrected chi connectivity index (χ0v) is 32.9. The van der Waals surface area contributed by atoms with Gasteiger partial charge >= 0.3 is 6.03 Å². The number of carbonyl (C=O) groups is 4. The molecule has 2 aromatic carbocycles. The average Bonchev–Trinajstić information content (AvgIpc) is 3.65. The Morgan fingerprint density at radius 1 is 0.897 bits per heavy atom. The SMILES string of the molecule is CN(CCC(=O)N1CCC([C@@H]2CCNc3c(C(N)=O)c(-c4ccc(Oc5ccccc5)cc4)nn32)CC1)CC1CCN(c2ncc(N3CCC(=O)NC3=O)cn2)CC1. The minimum Gasteiger partial charge on any atom is -0.457 e. The Hall–Kier alpha value is -6.03. The Morgan fingerprint density at radius 2 is 1.60 bits per heavy atom. The fourth-order valence-corrected chi connectivity index (χ4v) is 8.73. The Morgan fingerprint density at radius 3 is 2.29 bits per heavy atom. The van der Waals surface area contributed by atoms with E-state index in [0.717, 1.165) is 69.6 Å². The molecular formula is C42H51N11O5. The molecule has 4 aromatic rings. The van der Waals surface area contributed by atoms with E-state index in [-0.39, 0.29) is 24.3 Å². The number of para-hydroxylation sites is 1. The predicted molar refractivity (Wildman–Crippen MR) is 219 cm³/mol. The number of hydrogen-bond donors (Lipinski definition) is 3. The molecule has 3 fully saturated rings. The van der Waals surface area contributed by atoms with Gasteiger partial charge in [-0.1, -0.05) is 18.2 Å². The number of anilines is 3. The molecule has 8 rings (SSSR count). The molecule has 0 bridgehead atoms. The van der Waals surface area contributed by atoms with Crippen molar-refractivity contribution < 1.29 is 23.9 Å². The molecular weight excluding hydrogens is 739 g/mol. The minimum absolute atomic E-state index is 0.0976. The Bertz CT molecular complexity index is 2090. The third-order valence-corrected chi connectivity index (χ3v) is 11.9. The van der Waals surface area contributed by atoms with Crippen molar-refractivity contribution in [2.24, 2.45) is 17.6 Å². The van der Waals surface area contributed by atoms with E-state index in [2.05, 4.69) is 37.4 Å². The van der Waals surface area contributed by atoms with Crippen molar-refractivity contribution >= 4 is 41.2 Å². The van der Waals surface area contributed by atoms with Gasteiger partial charge in [0, 0.05) is 70.8 Å². The van der Waals surface area contributed by atoms with E-state index < -0.39 is 11.9 Å². The summed E-state index contributed by atoms with van der Waals surface area (Å²) < 4.78 is 7.94. The van der Waals surface area contributed by atoms with Gasteiger partial charge in [-0.05, 0) is 87.4 Å². The van der Waals surface area contributed by atoms with Crippen LogP contribution in [0.1, 0.15) is 61.3 Å². The lowest BCUT2D eigenvalue weighted by molar-refractivity contribution is -0.133. The highest BCUT2D eigenvalue weighted by molar-refractivity contribution is 6.05. The summed E-state index contributed by atoms with van der Waals surface area (Å²) in [6.07, 6.45) is 8.64. The van der Waals surface area contributed by atoms with Crippen molar-refractivity contribution in [1.29, 1.82) is 0 Å². The number of aromatic nitrogens is 4. The Balaban J connectivity index is 0.794. The molecule has 3 saturated heterocycles. The number of benzene rings is 2. The number of piperidine rings is 2. The maximum atomic E-state index is 13.4. The molecule has 304 valence electrons. The second-order valence-corrected chi connectivity index (χ2v) is 15.8. The van der Waals surface area contributed by atoms with Crippen molar-refractivity contribution in [3.8, 4) is 22.8 Å². The largest absolute Gasteiger partial charge is 0.457 e. The van der Waals surface area contributed by atoms with Gasteiger partial charge < -0.3 is 30.5 Å². The van der Waals surface area contributed by atoms with Gasteiger partial charge in [0.05, 0.1) is 24.1 Å². The van der Waals surface area contributed by atoms with Crippen LogP contribution in [0.3, 0.4) is 0 Å². The second kappa shape index (κ2) is 17.2. The molecule has 0 spiro atoms. The first-order valence-corrected chi connectivity index (χ1v) is 20.3. The summed E-state index contributed by atoms with van der Waals surface area (Å²) in [6, 6.07) is 16.8. The summed E-state index contributed by atoms with van der Waals surface area (Å²) in [5.74, 6) is 2.97. The molecule has 16 nitrogen and oxygen atoms in total. The average molecular weight is 790 g/mol. The maximum absolute atomic E-state index is 13.4. The van der Waals surface area contributed by atoms with Gasteiger partial charge in [0.25, 0.3) is 5.91 Å². The molecule has 5 amide bonds. The van der Waals surface area contributed by atoms with Crippen molar-refractivity contribution in [1.82, 2.24) is 34.9 Å². The number of carbonyl (C=O) groups excluding carboxylic acids is 4. The van der Waals surface area contributed by atoms with Gasteiger partial charge in [-0.15, -0.1) is 0 Å². The summed E-state index contributed by atoms with van der Waals surface area (Å²) in [5, 5.41) is 10.7. The van der Waals surface area contributed by atoms with Crippen molar-refractivity contribution in [2.45, 2.75) is 51.0 Å². The summed E-state index contributed by atoms with van der Waals surface area (Å²) >= 11 is 0. The maximum Gasteiger partial charge on any atom is 0.328 e. The van der Waals surface area contributed by atoms with Crippen LogP contribution in [0.2, 0.25) is 0 Å². The third-order valence-electron chi connectivity index (χ3n) is 11.9. The van der Waals surface area contributed by atoms with Crippen LogP contribution >= 0.6 is 0 Å². The first-order valence-electron chi connectivity index (χ1n) is 20.3. The highest BCUT2D eigenvalue weighted by atomic mass is 16.5. The van der Waals surface area contributed by atoms with Crippen LogP contribution in [-0.4, -0.2) is 113 Å². The van der Waals surface area contributed by atoms with Crippen LogP contribution in [0, 0.1) is 11.8 Å². The quantitative estimate of drug-likeness (QED) is 0.184. The van der Waals surface area contributed by atoms with E-state index in [4.69, 9.17) is 15.6 Å². The van der Waals surface area contributed by atoms with Gasteiger partial charge in [0.2, 0.25) is 17.8 Å². The normalized spacial score (nSPS) is 19.1. The topological polar surface area (TPSA) is 184 Å². The van der Waals surface area contributed by atoms with Crippen molar-refractivity contribution in [3.05, 3.63) is 72.6 Å². The monoisotopic (exact) mass is 789 g/mol. The molecule has 16 heteroatoms. The van der Waals surface area contributed by atoms with Gasteiger partial charge in [-0.25, -0.2) is 19.4 Å². The number of amides is 5. The van der Waals surface area contributed by atoms with E-state index in [1.807, 2.05) is 64.2 Å². The molecule has 4 aliphatic rings. The molecule has 58 heavy (non-hydrogen) atoms. The number of imide groups is 1. The number of nitrogens with two attached hydrogens (primary N) is 1. The Kier molecular flexibility index (Phi) is 11.5. The molecule has 0 radical (unpaired) electrons. The minimum atomic E-state index is -0.520. The number of urea groups is 1. The van der Waals surface area contributed by atoms with E-state index in [1.165, 1.54) is 4.90 Å². The van der Waals surface area contributed by atoms with E-state index in [1.54, 1.807) is 12.4 Å². The molecule has 6 heterocycles. The first kappa shape index (κ1) is 38.8. The van der Waals surface area contributed by atoms with Crippen LogP contribution in [0.25, 0.3) is 11.3 Å². The van der Waals surface area contributed by atoms with Crippen LogP contribution in [0.4, 0.5) is 22.2 Å². The fourth-order valence-electron chi connectivity index (χ4n) is 8.73. The van der Waals surface area contributed by atoms with Crippen LogP contribution < -0.4 is 30.9 Å². The standard InChI is InChI=1S/C42H51N11O5/c1-49(27-28-12-20-51(21-13-28)41-45-25-31(26-46-41)52-24-16-35(54)47-42(52)57)19-17-36(55)50-22-14-29(15-23-50)34-11-18-44-40-37(39(43)56)38(48-53(34)40)30-7-9-33(10-8-30)58-32-5-3-2-4-6-32/h2-10,25-26,28-29,34,44H,11-24,27H2,1H3,(H2,43,56)(H,47,54,57)/t34-/m0/s1. The lowest BCUT2D eigenvalue weighted by atomic mass is 9.86. The van der Waals surface area contributed by atoms with E-state index in [0.29, 0.717) is 78.9 Å². The highest BCUT2D eigenvalue weighted by Gasteiger charge is 2.36. The van der Waals surface area contributed by atoms with Crippen molar-refractivity contribution in [2.75, 3.05) is 74.5 Å². The summed E-state index contributed by atoms with van der Waals surface area (Å²) in [6.45, 7) is 5.76. The number of likely N-dealkylation sites (tertiary alicyclic amines) is 1. The zero-order valence-electron chi connectivity index (χ0n) is 32.9. The van der Waals surface area contributed by atoms with Crippen LogP contribution in [0.15, 0.2) is 67.0 Å². The summed E-state index contributed by atoms with van der Waals surface area (Å²) in [4.78, 5) is 66.8. The molecule has 1 atom stereocenters. The molecule has 0 saturated carbocycles. The summed E-state index contributed by atoms with van der Waals surface area (Å²) in [5.41, 5.74) is 8.27. The fraction of sp³-hybridized carbons (Fsp3) is 0.452. The predicted octanol–water partition coefficient (Wildman–Crippen LogP) is 4.51. The van der Waals surface area contributed by atoms with Gasteiger partial charge in [-0.3, -0.25) is 24.6 Å². The third kappa shape index (κ3) is 8.61. The van der Waals surface area contributed by atoms with E-state index >= 15 is 0 Å². The number of nitrogens with one attached hydrogen (secondary N) is 2. The number of rotatable bonds is 12. The number of nitrogens with zero attached hydrogens (tertiary/aromatic N) is 8. The zero-order chi connectivity index (χ0) is 40.2. The lowest BCUT2D eigenvalue weighted by Gasteiger charge is -2.38. The van der Waals surface area contributed by atoms with Crippen molar-refractivity contribution in [3.63, 3.8) is 0 Å². The number of ether oxygens (including phenoxy) is 1. The number of fused-ring (bicyclic) bond motifs is 1. The highest BCUT2D eigenvalue weighted by Crippen LogP contribution is 2.40. The van der Waals surface area contributed by atoms with E-state index in [9.17, 15) is 19.2 Å². The van der Waals surface area contributed by atoms with Crippen LogP contribution in [-0.2, 0) is 9.59 Å². The van der Waals surface area contributed by atoms with Gasteiger partial charge in [0.1, 0.15) is 28.6 Å². The first-order chi connectivity index (χ1) is 28.2. The molecule has 0 aliphatic carbocycles. The molecule has 2 aromatic heterocycles. The van der Waals surface area contributed by atoms with Gasteiger partial charge in [-0.2, -0.15) is 5.10 Å². The van der Waals surface area contributed by atoms with Crippen LogP contribution in [0.5, 0.6) is 11.5 Å². The number of primary amides is 1. The molecule has 4 N–H and O–H groups in total. The molecule has 4 aliphatic heterocycles. The molecule has 0 unspecified atom stereocenters. The number of hydrogen-bond acceptors (Lipinski definition) is 11. The smallest absolute Gasteiger partial charge is 0.328 e. The lowest BCUT2D eigenvalue weighted by Crippen LogP contribution is -2.49. The Labute approximate surface area is 337 Å². The van der Waals surface area contributed by atoms with Gasteiger partial charge in [0.15, 0.2) is 0 Å².